The van der Waals surface area contributed by atoms with Gasteiger partial charge in [-0.15, -0.1) is 0 Å². The van der Waals surface area contributed by atoms with Crippen molar-refractivity contribution in [1.82, 2.24) is 19.5 Å². The van der Waals surface area contributed by atoms with E-state index in [1.807, 2.05) is 4.57 Å². The van der Waals surface area contributed by atoms with Gasteiger partial charge in [0.1, 0.15) is 5.52 Å². The fourth-order valence-corrected chi connectivity index (χ4v) is 1.52. The van der Waals surface area contributed by atoms with Gasteiger partial charge in [0.05, 0.1) is 6.33 Å². The van der Waals surface area contributed by atoms with Crippen LogP contribution in [-0.4, -0.2) is 19.5 Å². The monoisotopic (exact) mass is 217 g/mol. The van der Waals surface area contributed by atoms with Gasteiger partial charge >= 0.3 is 0 Å². The zero-order valence-corrected chi connectivity index (χ0v) is 9.73. The molecular weight excluding hydrogens is 202 g/mol. The Kier molecular flexibility index (Phi) is 2.18. The lowest BCUT2D eigenvalue weighted by Crippen LogP contribution is -2.21. The van der Waals surface area contributed by atoms with E-state index in [0.29, 0.717) is 17.2 Å². The van der Waals surface area contributed by atoms with E-state index < -0.39 is 0 Å². The minimum absolute atomic E-state index is 0.0893. The van der Waals surface area contributed by atoms with Crippen LogP contribution in [0.2, 0.25) is 0 Å². The minimum Gasteiger partial charge on any atom is -0.382 e. The van der Waals surface area contributed by atoms with Gasteiger partial charge in [-0.1, -0.05) is 6.58 Å². The van der Waals surface area contributed by atoms with E-state index >= 15 is 0 Å². The van der Waals surface area contributed by atoms with Gasteiger partial charge in [0.25, 0.3) is 0 Å². The number of aromatic nitrogens is 4. The maximum absolute atomic E-state index is 5.81. The Balaban J connectivity index is 2.80. The summed E-state index contributed by atoms with van der Waals surface area (Å²) >= 11 is 0. The third-order valence-corrected chi connectivity index (χ3v) is 2.35. The van der Waals surface area contributed by atoms with Crippen LogP contribution in [0.4, 0.5) is 5.82 Å². The number of hydrogen-bond acceptors (Lipinski definition) is 4. The number of hydrogen-bond donors (Lipinski definition) is 1. The molecule has 0 bridgehead atoms. The SMILES string of the molecule is C=Cc1nc(N)c2ncn(C(C)(C)C)c2n1. The molecule has 0 unspecified atom stereocenters. The molecule has 0 amide bonds. The second kappa shape index (κ2) is 3.30. The predicted octanol–water partition coefficient (Wildman–Crippen LogP) is 1.81. The zero-order valence-electron chi connectivity index (χ0n) is 9.73. The minimum atomic E-state index is -0.0893. The van der Waals surface area contributed by atoms with E-state index in [1.54, 1.807) is 12.4 Å². The lowest BCUT2D eigenvalue weighted by atomic mass is 10.1. The van der Waals surface area contributed by atoms with Crippen molar-refractivity contribution < 1.29 is 0 Å². The Morgan fingerprint density at radius 1 is 1.38 bits per heavy atom. The standard InChI is InChI=1S/C11H15N5/c1-5-7-14-9(12)8-10(15-7)16(6-13-8)11(2,3)4/h5-6H,1H2,2-4H3,(H2,12,14,15). The van der Waals surface area contributed by atoms with Crippen LogP contribution in [0.3, 0.4) is 0 Å². The smallest absolute Gasteiger partial charge is 0.166 e. The highest BCUT2D eigenvalue weighted by Gasteiger charge is 2.18. The van der Waals surface area contributed by atoms with Crippen LogP contribution < -0.4 is 5.73 Å². The molecule has 16 heavy (non-hydrogen) atoms. The van der Waals surface area contributed by atoms with Crippen molar-refractivity contribution in [2.45, 2.75) is 26.3 Å². The zero-order chi connectivity index (χ0) is 11.9. The van der Waals surface area contributed by atoms with E-state index in [4.69, 9.17) is 5.73 Å². The molecule has 0 aliphatic heterocycles. The third-order valence-electron chi connectivity index (χ3n) is 2.35. The van der Waals surface area contributed by atoms with Gasteiger partial charge in [-0.05, 0) is 26.8 Å². The van der Waals surface area contributed by atoms with Gasteiger partial charge in [-0.2, -0.15) is 0 Å². The number of nitrogen functional groups attached to an aromatic ring is 1. The number of imidazole rings is 1. The molecule has 0 fully saturated rings. The number of fused-ring (bicyclic) bond motifs is 1. The quantitative estimate of drug-likeness (QED) is 0.790. The highest BCUT2D eigenvalue weighted by molar-refractivity contribution is 5.82. The summed E-state index contributed by atoms with van der Waals surface area (Å²) in [5, 5.41) is 0. The number of nitrogens with two attached hydrogens (primary N) is 1. The summed E-state index contributed by atoms with van der Waals surface area (Å²) in [6.07, 6.45) is 3.32. The van der Waals surface area contributed by atoms with Crippen LogP contribution in [0.25, 0.3) is 17.2 Å². The molecule has 0 aromatic carbocycles. The summed E-state index contributed by atoms with van der Waals surface area (Å²) in [7, 11) is 0. The Morgan fingerprint density at radius 2 is 2.06 bits per heavy atom. The van der Waals surface area contributed by atoms with Crippen molar-refractivity contribution in [2.75, 3.05) is 5.73 Å². The molecule has 2 rings (SSSR count). The third kappa shape index (κ3) is 1.54. The average molecular weight is 217 g/mol. The Bertz CT molecular complexity index is 547. The summed E-state index contributed by atoms with van der Waals surface area (Å²) in [5.41, 5.74) is 7.11. The first-order valence-corrected chi connectivity index (χ1v) is 5.07. The first-order valence-electron chi connectivity index (χ1n) is 5.07. The van der Waals surface area contributed by atoms with Crippen molar-refractivity contribution in [2.24, 2.45) is 0 Å². The predicted molar refractivity (Wildman–Crippen MR) is 64.8 cm³/mol. The van der Waals surface area contributed by atoms with E-state index in [2.05, 4.69) is 42.3 Å². The highest BCUT2D eigenvalue weighted by atomic mass is 15.2. The summed E-state index contributed by atoms with van der Waals surface area (Å²) in [4.78, 5) is 12.7. The van der Waals surface area contributed by atoms with Crippen molar-refractivity contribution >= 4 is 23.1 Å². The molecular formula is C11H15N5. The van der Waals surface area contributed by atoms with E-state index in [1.165, 1.54) is 0 Å². The summed E-state index contributed by atoms with van der Waals surface area (Å²) in [5.74, 6) is 0.916. The Hall–Kier alpha value is -1.91. The highest BCUT2D eigenvalue weighted by Crippen LogP contribution is 2.23. The molecule has 0 atom stereocenters. The van der Waals surface area contributed by atoms with E-state index in [0.717, 1.165) is 5.65 Å². The molecule has 0 saturated heterocycles. The number of nitrogens with zero attached hydrogens (tertiary/aromatic N) is 4. The molecule has 2 aromatic heterocycles. The molecule has 2 heterocycles. The fourth-order valence-electron chi connectivity index (χ4n) is 1.52. The molecule has 2 N–H and O–H groups in total. The van der Waals surface area contributed by atoms with Crippen molar-refractivity contribution in [1.29, 1.82) is 0 Å². The topological polar surface area (TPSA) is 69.6 Å². The van der Waals surface area contributed by atoms with Crippen LogP contribution in [0, 0.1) is 0 Å². The molecule has 2 aromatic rings. The van der Waals surface area contributed by atoms with Crippen LogP contribution in [0.5, 0.6) is 0 Å². The molecule has 0 aliphatic carbocycles. The summed E-state index contributed by atoms with van der Waals surface area (Å²) in [6.45, 7) is 9.89. The molecule has 0 saturated carbocycles. The molecule has 0 spiro atoms. The maximum atomic E-state index is 5.81. The van der Waals surface area contributed by atoms with Crippen LogP contribution in [-0.2, 0) is 5.54 Å². The van der Waals surface area contributed by atoms with Crippen LogP contribution in [0.15, 0.2) is 12.9 Å². The van der Waals surface area contributed by atoms with Crippen LogP contribution in [0.1, 0.15) is 26.6 Å². The Labute approximate surface area is 94.0 Å². The fraction of sp³-hybridized carbons (Fsp3) is 0.364. The van der Waals surface area contributed by atoms with Crippen molar-refractivity contribution in [3.8, 4) is 0 Å². The van der Waals surface area contributed by atoms with Gasteiger partial charge in [-0.3, -0.25) is 0 Å². The van der Waals surface area contributed by atoms with E-state index in [9.17, 15) is 0 Å². The first kappa shape index (κ1) is 10.6. The van der Waals surface area contributed by atoms with Gasteiger partial charge in [-0.25, -0.2) is 15.0 Å². The second-order valence-corrected chi connectivity index (χ2v) is 4.63. The van der Waals surface area contributed by atoms with Gasteiger partial charge in [0, 0.05) is 5.54 Å². The molecule has 0 aliphatic rings. The average Bonchev–Trinajstić information content (AvgIpc) is 2.60. The number of rotatable bonds is 1. The normalized spacial score (nSPS) is 11.9. The van der Waals surface area contributed by atoms with Gasteiger partial charge in [0.15, 0.2) is 17.3 Å². The van der Waals surface area contributed by atoms with Gasteiger partial charge < -0.3 is 10.3 Å². The molecule has 84 valence electrons. The summed E-state index contributed by atoms with van der Waals surface area (Å²) < 4.78 is 1.98. The molecule has 0 radical (unpaired) electrons. The largest absolute Gasteiger partial charge is 0.382 e. The van der Waals surface area contributed by atoms with Gasteiger partial charge in [0.2, 0.25) is 0 Å². The van der Waals surface area contributed by atoms with Crippen molar-refractivity contribution in [3.05, 3.63) is 18.7 Å². The molecule has 5 heteroatoms. The van der Waals surface area contributed by atoms with E-state index in [-0.39, 0.29) is 5.54 Å². The second-order valence-electron chi connectivity index (χ2n) is 4.63. The van der Waals surface area contributed by atoms with Crippen LogP contribution >= 0.6 is 0 Å². The molecule has 5 nitrogen and oxygen atoms in total. The number of anilines is 1. The summed E-state index contributed by atoms with van der Waals surface area (Å²) in [6, 6.07) is 0. The Morgan fingerprint density at radius 3 is 2.62 bits per heavy atom. The first-order chi connectivity index (χ1) is 7.43. The van der Waals surface area contributed by atoms with Crippen molar-refractivity contribution in [3.63, 3.8) is 0 Å². The maximum Gasteiger partial charge on any atom is 0.166 e. The lowest BCUT2D eigenvalue weighted by molar-refractivity contribution is 0.406. The lowest BCUT2D eigenvalue weighted by Gasteiger charge is -2.20.